The number of aromatic nitrogens is 3. The highest BCUT2D eigenvalue weighted by atomic mass is 35.5. The molecule has 1 N–H and O–H groups in total. The third kappa shape index (κ3) is 3.23. The van der Waals surface area contributed by atoms with Crippen molar-refractivity contribution in [1.29, 1.82) is 0 Å². The van der Waals surface area contributed by atoms with E-state index in [1.54, 1.807) is 12.1 Å². The van der Waals surface area contributed by atoms with Gasteiger partial charge in [0.25, 0.3) is 0 Å². The second-order valence-corrected chi connectivity index (χ2v) is 8.33. The zero-order valence-electron chi connectivity index (χ0n) is 15.5. The van der Waals surface area contributed by atoms with Gasteiger partial charge in [-0.15, -0.1) is 11.3 Å². The molecular weight excluding hydrogens is 436 g/mol. The minimum atomic E-state index is -2.97. The minimum Gasteiger partial charge on any atom is -0.487 e. The molecular formula is C20H14ClF2N3O3S. The molecule has 0 aliphatic carbocycles. The highest BCUT2D eigenvalue weighted by molar-refractivity contribution is 7.22. The topological polar surface area (TPSA) is 77.4 Å². The van der Waals surface area contributed by atoms with E-state index in [1.807, 2.05) is 13.0 Å². The fourth-order valence-corrected chi connectivity index (χ4v) is 5.04. The number of fused-ring (bicyclic) bond motifs is 4. The number of alkyl halides is 2. The number of nitrogens with zero attached hydrogens (tertiary/aromatic N) is 3. The Morgan fingerprint density at radius 3 is 2.90 bits per heavy atom. The molecule has 0 spiro atoms. The average Bonchev–Trinajstić information content (AvgIpc) is 3.30. The Morgan fingerprint density at radius 2 is 2.13 bits per heavy atom. The van der Waals surface area contributed by atoms with Gasteiger partial charge in [-0.05, 0) is 24.6 Å². The van der Waals surface area contributed by atoms with Gasteiger partial charge >= 0.3 is 6.61 Å². The highest BCUT2D eigenvalue weighted by Gasteiger charge is 2.28. The smallest absolute Gasteiger partial charge is 0.388 e. The minimum absolute atomic E-state index is 0.0828. The molecule has 2 aromatic heterocycles. The number of hydrogen-bond acceptors (Lipinski definition) is 7. The van der Waals surface area contributed by atoms with E-state index in [2.05, 4.69) is 14.7 Å². The third-order valence-electron chi connectivity index (χ3n) is 4.82. The predicted octanol–water partition coefficient (Wildman–Crippen LogP) is 4.77. The van der Waals surface area contributed by atoms with Crippen LogP contribution in [0.5, 0.6) is 11.6 Å². The number of aliphatic hydroxyl groups excluding tert-OH is 1. The van der Waals surface area contributed by atoms with E-state index in [-0.39, 0.29) is 18.6 Å². The number of rotatable bonds is 4. The van der Waals surface area contributed by atoms with E-state index in [9.17, 15) is 13.9 Å². The van der Waals surface area contributed by atoms with E-state index in [0.717, 1.165) is 21.4 Å². The van der Waals surface area contributed by atoms with Crippen LogP contribution >= 0.6 is 22.9 Å². The van der Waals surface area contributed by atoms with Gasteiger partial charge in [0, 0.05) is 23.6 Å². The summed E-state index contributed by atoms with van der Waals surface area (Å²) in [7, 11) is 0. The maximum atomic E-state index is 12.5. The summed E-state index contributed by atoms with van der Waals surface area (Å²) in [5.74, 6) is 0.413. The van der Waals surface area contributed by atoms with Gasteiger partial charge in [-0.3, -0.25) is 0 Å². The maximum absolute atomic E-state index is 12.5. The summed E-state index contributed by atoms with van der Waals surface area (Å²) in [5, 5.41) is 10.6. The molecule has 4 aromatic rings. The molecule has 1 atom stereocenters. The van der Waals surface area contributed by atoms with E-state index in [4.69, 9.17) is 21.3 Å². The number of aryl methyl sites for hydroxylation is 1. The predicted molar refractivity (Wildman–Crippen MR) is 110 cm³/mol. The van der Waals surface area contributed by atoms with Gasteiger partial charge in [-0.1, -0.05) is 11.6 Å². The van der Waals surface area contributed by atoms with Gasteiger partial charge in [0.2, 0.25) is 5.88 Å². The molecule has 0 saturated heterocycles. The van der Waals surface area contributed by atoms with Crippen molar-refractivity contribution in [2.45, 2.75) is 26.1 Å². The van der Waals surface area contributed by atoms with Crippen molar-refractivity contribution in [2.24, 2.45) is 0 Å². The fourth-order valence-electron chi connectivity index (χ4n) is 3.59. The molecule has 0 fully saturated rings. The Bertz CT molecular complexity index is 1300. The van der Waals surface area contributed by atoms with Crippen molar-refractivity contribution in [3.63, 3.8) is 0 Å². The van der Waals surface area contributed by atoms with Crippen LogP contribution in [-0.2, 0) is 6.42 Å². The van der Waals surface area contributed by atoms with Crippen molar-refractivity contribution in [2.75, 3.05) is 6.61 Å². The van der Waals surface area contributed by atoms with Crippen molar-refractivity contribution in [3.05, 3.63) is 40.5 Å². The van der Waals surface area contributed by atoms with Crippen molar-refractivity contribution in [3.8, 4) is 22.2 Å². The molecule has 1 aliphatic rings. The molecule has 30 heavy (non-hydrogen) atoms. The van der Waals surface area contributed by atoms with Gasteiger partial charge in [0.1, 0.15) is 22.4 Å². The first-order valence-electron chi connectivity index (χ1n) is 9.05. The van der Waals surface area contributed by atoms with Gasteiger partial charge in [-0.25, -0.2) is 15.0 Å². The molecule has 2 aromatic carbocycles. The molecule has 0 radical (unpaired) electrons. The number of ether oxygens (including phenoxy) is 2. The van der Waals surface area contributed by atoms with Crippen LogP contribution in [0.25, 0.3) is 31.8 Å². The van der Waals surface area contributed by atoms with Crippen LogP contribution < -0.4 is 9.47 Å². The van der Waals surface area contributed by atoms with Crippen LogP contribution in [0.15, 0.2) is 24.4 Å². The van der Waals surface area contributed by atoms with E-state index >= 15 is 0 Å². The van der Waals surface area contributed by atoms with E-state index in [0.29, 0.717) is 38.8 Å². The lowest BCUT2D eigenvalue weighted by atomic mass is 10.1. The second-order valence-electron chi connectivity index (χ2n) is 6.93. The summed E-state index contributed by atoms with van der Waals surface area (Å²) in [6, 6.07) is 5.39. The molecule has 154 valence electrons. The van der Waals surface area contributed by atoms with Crippen molar-refractivity contribution < 1.29 is 23.4 Å². The summed E-state index contributed by atoms with van der Waals surface area (Å²) in [6.07, 6.45) is 1.45. The SMILES string of the molecule is Cc1cc(-c2nc3c(Cl)cc4c(c3s2)CC(CO)O4)c2ncc(OC(F)F)nc2c1. The van der Waals surface area contributed by atoms with Crippen LogP contribution in [0.3, 0.4) is 0 Å². The van der Waals surface area contributed by atoms with Crippen LogP contribution in [-0.4, -0.2) is 39.4 Å². The van der Waals surface area contributed by atoms with Gasteiger partial charge in [-0.2, -0.15) is 8.78 Å². The molecule has 0 saturated carbocycles. The number of thiazole rings is 1. The molecule has 5 rings (SSSR count). The second kappa shape index (κ2) is 7.26. The molecule has 6 nitrogen and oxygen atoms in total. The molecule has 10 heteroatoms. The molecule has 1 aliphatic heterocycles. The lowest BCUT2D eigenvalue weighted by Gasteiger charge is -2.07. The summed E-state index contributed by atoms with van der Waals surface area (Å²) in [4.78, 5) is 13.2. The standard InChI is InChI=1S/C20H14ClF2N3O3S/c1-8-2-11(16-13(3-8)25-15(6-24-16)29-20(22)23)19-26-17-12(21)5-14-10(18(17)30-19)4-9(7-27)28-14/h2-3,5-6,9,20,27H,4,7H2,1H3. The van der Waals surface area contributed by atoms with Gasteiger partial charge in [0.05, 0.1) is 33.6 Å². The van der Waals surface area contributed by atoms with E-state index in [1.165, 1.54) is 17.5 Å². The van der Waals surface area contributed by atoms with Crippen LogP contribution in [0, 0.1) is 6.92 Å². The summed E-state index contributed by atoms with van der Waals surface area (Å²) in [5.41, 5.74) is 4.18. The Kier molecular flexibility index (Phi) is 4.68. The summed E-state index contributed by atoms with van der Waals surface area (Å²) < 4.78 is 36.1. The van der Waals surface area contributed by atoms with Gasteiger partial charge in [0.15, 0.2) is 0 Å². The zero-order valence-corrected chi connectivity index (χ0v) is 17.1. The van der Waals surface area contributed by atoms with Crippen LogP contribution in [0.1, 0.15) is 11.1 Å². The monoisotopic (exact) mass is 449 g/mol. The van der Waals surface area contributed by atoms with Crippen LogP contribution in [0.2, 0.25) is 5.02 Å². The summed E-state index contributed by atoms with van der Waals surface area (Å²) >= 11 is 7.88. The quantitative estimate of drug-likeness (QED) is 0.484. The number of hydrogen-bond donors (Lipinski definition) is 1. The lowest BCUT2D eigenvalue weighted by Crippen LogP contribution is -2.17. The molecule has 0 amide bonds. The normalized spacial score (nSPS) is 15.7. The molecule has 0 bridgehead atoms. The zero-order chi connectivity index (χ0) is 21.0. The first-order valence-corrected chi connectivity index (χ1v) is 10.2. The Hall–Kier alpha value is -2.62. The Morgan fingerprint density at radius 1 is 1.30 bits per heavy atom. The number of halogens is 3. The molecule has 3 heterocycles. The average molecular weight is 450 g/mol. The number of benzene rings is 2. The van der Waals surface area contributed by atoms with Crippen molar-refractivity contribution in [1.82, 2.24) is 15.0 Å². The summed E-state index contributed by atoms with van der Waals surface area (Å²) in [6.45, 7) is -1.18. The Labute approximate surface area is 178 Å². The molecule has 1 unspecified atom stereocenters. The third-order valence-corrected chi connectivity index (χ3v) is 6.26. The van der Waals surface area contributed by atoms with Gasteiger partial charge < -0.3 is 14.6 Å². The van der Waals surface area contributed by atoms with E-state index < -0.39 is 6.61 Å². The Balaban J connectivity index is 1.68. The van der Waals surface area contributed by atoms with Crippen LogP contribution in [0.4, 0.5) is 8.78 Å². The first kappa shape index (κ1) is 19.3. The number of aliphatic hydroxyl groups is 1. The lowest BCUT2D eigenvalue weighted by molar-refractivity contribution is -0.0528. The van der Waals surface area contributed by atoms with Crippen molar-refractivity contribution >= 4 is 44.2 Å². The highest BCUT2D eigenvalue weighted by Crippen LogP contribution is 2.44. The first-order chi connectivity index (χ1) is 14.4. The maximum Gasteiger partial charge on any atom is 0.388 e. The largest absolute Gasteiger partial charge is 0.487 e. The fraction of sp³-hybridized carbons (Fsp3) is 0.250.